The van der Waals surface area contributed by atoms with E-state index in [0.717, 1.165) is 12.2 Å². The number of benzene rings is 2. The maximum Gasteiger partial charge on any atom is 0.254 e. The molecule has 0 aliphatic carbocycles. The number of carbonyl (C=O) groups is 1. The molecular formula is C22H21ClN2O. The van der Waals surface area contributed by atoms with E-state index in [1.165, 1.54) is 5.56 Å². The minimum Gasteiger partial charge on any atom is -0.345 e. The summed E-state index contributed by atoms with van der Waals surface area (Å²) >= 11 is 5.93. The van der Waals surface area contributed by atoms with Crippen LogP contribution in [0.25, 0.3) is 0 Å². The van der Waals surface area contributed by atoms with E-state index in [1.807, 2.05) is 36.5 Å². The fourth-order valence-electron chi connectivity index (χ4n) is 2.87. The lowest BCUT2D eigenvalue weighted by Crippen LogP contribution is -2.31. The van der Waals surface area contributed by atoms with E-state index in [0.29, 0.717) is 23.7 Å². The third-order valence-electron chi connectivity index (χ3n) is 4.20. The molecule has 0 aliphatic rings. The highest BCUT2D eigenvalue weighted by Gasteiger charge is 2.16. The second-order valence-electron chi connectivity index (χ2n) is 6.09. The predicted octanol–water partition coefficient (Wildman–Crippen LogP) is 5.02. The van der Waals surface area contributed by atoms with Gasteiger partial charge in [0, 0.05) is 35.6 Å². The summed E-state index contributed by atoms with van der Waals surface area (Å²) in [5.74, 6) is -0.0333. The van der Waals surface area contributed by atoms with Crippen LogP contribution in [0.4, 0.5) is 0 Å². The molecule has 0 spiro atoms. The number of nitrogens with zero attached hydrogens (tertiary/aromatic N) is 2. The van der Waals surface area contributed by atoms with Gasteiger partial charge in [-0.1, -0.05) is 48.0 Å². The van der Waals surface area contributed by atoms with Gasteiger partial charge in [-0.15, -0.1) is 6.58 Å². The summed E-state index contributed by atoms with van der Waals surface area (Å²) in [6.45, 7) is 5.57. The normalized spacial score (nSPS) is 10.5. The van der Waals surface area contributed by atoms with Gasteiger partial charge in [-0.2, -0.15) is 0 Å². The van der Waals surface area contributed by atoms with Crippen molar-refractivity contribution >= 4 is 17.5 Å². The van der Waals surface area contributed by atoms with Crippen molar-refractivity contribution in [3.8, 4) is 0 Å². The van der Waals surface area contributed by atoms with Crippen LogP contribution in [0.15, 0.2) is 85.6 Å². The maximum atomic E-state index is 12.9. The van der Waals surface area contributed by atoms with Crippen LogP contribution in [0.5, 0.6) is 0 Å². The summed E-state index contributed by atoms with van der Waals surface area (Å²) < 4.78 is 2.17. The van der Waals surface area contributed by atoms with Crippen LogP contribution in [0.2, 0.25) is 5.02 Å². The van der Waals surface area contributed by atoms with Gasteiger partial charge in [0.1, 0.15) is 0 Å². The van der Waals surface area contributed by atoms with Gasteiger partial charge in [-0.05, 0) is 42.0 Å². The average molecular weight is 365 g/mol. The molecule has 0 saturated carbocycles. The largest absolute Gasteiger partial charge is 0.345 e. The van der Waals surface area contributed by atoms with Gasteiger partial charge in [0.25, 0.3) is 5.91 Å². The van der Waals surface area contributed by atoms with E-state index < -0.39 is 0 Å². The second-order valence-corrected chi connectivity index (χ2v) is 6.53. The highest BCUT2D eigenvalue weighted by Crippen LogP contribution is 2.15. The molecule has 3 rings (SSSR count). The zero-order valence-electron chi connectivity index (χ0n) is 14.5. The van der Waals surface area contributed by atoms with E-state index in [9.17, 15) is 4.79 Å². The quantitative estimate of drug-likeness (QED) is 0.540. The lowest BCUT2D eigenvalue weighted by atomic mass is 10.2. The maximum absolute atomic E-state index is 12.9. The van der Waals surface area contributed by atoms with Gasteiger partial charge in [0.15, 0.2) is 0 Å². The molecule has 0 aliphatic heterocycles. The molecule has 26 heavy (non-hydrogen) atoms. The topological polar surface area (TPSA) is 25.2 Å². The van der Waals surface area contributed by atoms with Crippen molar-refractivity contribution in [2.75, 3.05) is 6.54 Å². The third kappa shape index (κ3) is 4.44. The van der Waals surface area contributed by atoms with Gasteiger partial charge in [0.05, 0.1) is 6.54 Å². The van der Waals surface area contributed by atoms with E-state index in [2.05, 4.69) is 23.3 Å². The average Bonchev–Trinajstić information content (AvgIpc) is 3.09. The molecule has 132 valence electrons. The van der Waals surface area contributed by atoms with Crippen molar-refractivity contribution < 1.29 is 4.79 Å². The van der Waals surface area contributed by atoms with Crippen molar-refractivity contribution in [1.29, 1.82) is 0 Å². The molecule has 0 saturated heterocycles. The molecule has 0 unspecified atom stereocenters. The van der Waals surface area contributed by atoms with Gasteiger partial charge >= 0.3 is 0 Å². The van der Waals surface area contributed by atoms with Crippen LogP contribution in [-0.4, -0.2) is 21.9 Å². The summed E-state index contributed by atoms with van der Waals surface area (Å²) in [4.78, 5) is 14.7. The highest BCUT2D eigenvalue weighted by atomic mass is 35.5. The summed E-state index contributed by atoms with van der Waals surface area (Å²) in [5.41, 5.74) is 2.93. The van der Waals surface area contributed by atoms with Gasteiger partial charge in [-0.25, -0.2) is 0 Å². The summed E-state index contributed by atoms with van der Waals surface area (Å²) in [5, 5.41) is 0.619. The molecule has 2 aromatic carbocycles. The van der Waals surface area contributed by atoms with E-state index in [-0.39, 0.29) is 5.91 Å². The number of rotatable bonds is 7. The van der Waals surface area contributed by atoms with Crippen molar-refractivity contribution in [2.24, 2.45) is 0 Å². The van der Waals surface area contributed by atoms with Crippen molar-refractivity contribution in [3.05, 3.63) is 107 Å². The Hall–Kier alpha value is -2.78. The summed E-state index contributed by atoms with van der Waals surface area (Å²) in [7, 11) is 0. The zero-order valence-corrected chi connectivity index (χ0v) is 15.3. The molecule has 1 aromatic heterocycles. The minimum absolute atomic E-state index is 0.0333. The number of amides is 1. The molecule has 0 bridgehead atoms. The highest BCUT2D eigenvalue weighted by molar-refractivity contribution is 6.30. The van der Waals surface area contributed by atoms with Crippen LogP contribution in [0.1, 0.15) is 21.6 Å². The summed E-state index contributed by atoms with van der Waals surface area (Å²) in [6.07, 6.45) is 3.79. The van der Waals surface area contributed by atoms with E-state index in [4.69, 9.17) is 11.6 Å². The molecule has 3 nitrogen and oxygen atoms in total. The van der Waals surface area contributed by atoms with E-state index in [1.54, 1.807) is 35.2 Å². The predicted molar refractivity (Wildman–Crippen MR) is 106 cm³/mol. The lowest BCUT2D eigenvalue weighted by Gasteiger charge is -2.22. The third-order valence-corrected chi connectivity index (χ3v) is 4.45. The summed E-state index contributed by atoms with van der Waals surface area (Å²) in [6, 6.07) is 21.3. The Kier molecular flexibility index (Phi) is 5.92. The first-order chi connectivity index (χ1) is 12.7. The number of carbonyl (C=O) groups excluding carboxylic acids is 1. The fourth-order valence-corrected chi connectivity index (χ4v) is 3.00. The molecule has 4 heteroatoms. The molecule has 1 heterocycles. The molecule has 0 atom stereocenters. The smallest absolute Gasteiger partial charge is 0.254 e. The van der Waals surface area contributed by atoms with Gasteiger partial charge in [0.2, 0.25) is 0 Å². The Bertz CT molecular complexity index is 869. The van der Waals surface area contributed by atoms with Crippen LogP contribution in [0.3, 0.4) is 0 Å². The van der Waals surface area contributed by atoms with Crippen molar-refractivity contribution in [2.45, 2.75) is 13.1 Å². The minimum atomic E-state index is -0.0333. The number of aromatic nitrogens is 1. The first-order valence-corrected chi connectivity index (χ1v) is 8.89. The van der Waals surface area contributed by atoms with Crippen LogP contribution >= 0.6 is 11.6 Å². The SMILES string of the molecule is C=CCN(Cc1cccn1Cc1ccccc1)C(=O)c1ccc(Cl)cc1. The Morgan fingerprint density at radius 3 is 2.46 bits per heavy atom. The Balaban J connectivity index is 1.78. The molecule has 0 fully saturated rings. The molecule has 0 radical (unpaired) electrons. The fraction of sp³-hybridized carbons (Fsp3) is 0.136. The van der Waals surface area contributed by atoms with E-state index >= 15 is 0 Å². The number of hydrogen-bond acceptors (Lipinski definition) is 1. The zero-order chi connectivity index (χ0) is 18.4. The molecule has 1 amide bonds. The van der Waals surface area contributed by atoms with Crippen LogP contribution in [-0.2, 0) is 13.1 Å². The molecular weight excluding hydrogens is 344 g/mol. The Morgan fingerprint density at radius 2 is 1.77 bits per heavy atom. The first kappa shape index (κ1) is 18.0. The Morgan fingerprint density at radius 1 is 1.04 bits per heavy atom. The number of halogens is 1. The van der Waals surface area contributed by atoms with Gasteiger partial charge < -0.3 is 9.47 Å². The van der Waals surface area contributed by atoms with Crippen LogP contribution in [0, 0.1) is 0 Å². The lowest BCUT2D eigenvalue weighted by molar-refractivity contribution is 0.0759. The standard InChI is InChI=1S/C22H21ClN2O/c1-2-14-25(22(26)19-10-12-20(23)13-11-19)17-21-9-6-15-24(21)16-18-7-4-3-5-8-18/h2-13,15H,1,14,16-17H2. The first-order valence-electron chi connectivity index (χ1n) is 8.51. The second kappa shape index (κ2) is 8.54. The van der Waals surface area contributed by atoms with Gasteiger partial charge in [-0.3, -0.25) is 4.79 Å². The Labute approximate surface area is 159 Å². The monoisotopic (exact) mass is 364 g/mol. The molecule has 0 N–H and O–H groups in total. The van der Waals surface area contributed by atoms with Crippen molar-refractivity contribution in [1.82, 2.24) is 9.47 Å². The van der Waals surface area contributed by atoms with Crippen molar-refractivity contribution in [3.63, 3.8) is 0 Å². The molecule has 3 aromatic rings. The number of hydrogen-bond donors (Lipinski definition) is 0. The van der Waals surface area contributed by atoms with Crippen LogP contribution < -0.4 is 0 Å².